The molecular weight excluding hydrogens is 492 g/mol. The number of benzene rings is 2. The van der Waals surface area contributed by atoms with E-state index in [0.29, 0.717) is 0 Å². The third-order valence-electron chi connectivity index (χ3n) is 5.51. The molecule has 8 nitrogen and oxygen atoms in total. The van der Waals surface area contributed by atoms with Crippen LogP contribution in [0.1, 0.15) is 22.8 Å². The lowest BCUT2D eigenvalue weighted by Crippen LogP contribution is -2.49. The number of sulfonamides is 1. The van der Waals surface area contributed by atoms with Crippen LogP contribution in [0.4, 0.5) is 23.2 Å². The van der Waals surface area contributed by atoms with E-state index >= 15 is 0 Å². The zero-order chi connectivity index (χ0) is 26.0. The number of nitriles is 1. The summed E-state index contributed by atoms with van der Waals surface area (Å²) in [5.41, 5.74) is 0.0775. The first-order valence-electron chi connectivity index (χ1n) is 10.4. The van der Waals surface area contributed by atoms with Gasteiger partial charge in [0.1, 0.15) is 11.6 Å². The van der Waals surface area contributed by atoms with Crippen LogP contribution in [0.3, 0.4) is 0 Å². The Morgan fingerprint density at radius 2 is 1.80 bits per heavy atom. The molecule has 1 unspecified atom stereocenters. The lowest BCUT2D eigenvalue weighted by Gasteiger charge is -2.36. The summed E-state index contributed by atoms with van der Waals surface area (Å²) in [6.45, 7) is 1.37. The largest absolute Gasteiger partial charge is 0.480 e. The van der Waals surface area contributed by atoms with Crippen LogP contribution in [-0.2, 0) is 10.0 Å². The highest BCUT2D eigenvalue weighted by Crippen LogP contribution is 2.30. The van der Waals surface area contributed by atoms with Crippen LogP contribution in [-0.4, -0.2) is 64.7 Å². The molecule has 0 aliphatic carbocycles. The molecule has 0 aromatic heterocycles. The van der Waals surface area contributed by atoms with Crippen LogP contribution >= 0.6 is 0 Å². The monoisotopic (exact) mass is 514 g/mol. The lowest BCUT2D eigenvalue weighted by atomic mass is 10.1. The van der Waals surface area contributed by atoms with E-state index in [1.165, 1.54) is 17.0 Å². The molecule has 1 aliphatic rings. The molecule has 1 saturated heterocycles. The maximum absolute atomic E-state index is 14.4. The van der Waals surface area contributed by atoms with Crippen molar-refractivity contribution in [3.8, 4) is 11.8 Å². The van der Waals surface area contributed by atoms with E-state index in [2.05, 4.69) is 4.72 Å². The zero-order valence-electron chi connectivity index (χ0n) is 18.8. The minimum absolute atomic E-state index is 0.0928. The maximum atomic E-state index is 14.4. The van der Waals surface area contributed by atoms with E-state index in [9.17, 15) is 30.8 Å². The quantitative estimate of drug-likeness (QED) is 0.595. The van der Waals surface area contributed by atoms with Gasteiger partial charge in [-0.15, -0.1) is 0 Å². The van der Waals surface area contributed by atoms with E-state index < -0.39 is 39.8 Å². The minimum atomic E-state index is -4.70. The molecule has 1 heterocycles. The number of amides is 1. The van der Waals surface area contributed by atoms with Crippen molar-refractivity contribution in [2.45, 2.75) is 24.1 Å². The Labute approximate surface area is 199 Å². The highest BCUT2D eigenvalue weighted by molar-refractivity contribution is 7.89. The molecule has 188 valence electrons. The topological polar surface area (TPSA) is 103 Å². The van der Waals surface area contributed by atoms with Gasteiger partial charge in [-0.1, -0.05) is 0 Å². The molecule has 1 fully saturated rings. The maximum Gasteiger partial charge on any atom is 0.425 e. The van der Waals surface area contributed by atoms with Crippen molar-refractivity contribution in [1.82, 2.24) is 9.62 Å². The van der Waals surface area contributed by atoms with E-state index in [-0.39, 0.29) is 47.9 Å². The van der Waals surface area contributed by atoms with Crippen molar-refractivity contribution >= 4 is 21.6 Å². The van der Waals surface area contributed by atoms with E-state index in [0.717, 1.165) is 38.2 Å². The molecule has 1 aliphatic heterocycles. The lowest BCUT2D eigenvalue weighted by molar-refractivity contribution is -0.189. The molecule has 3 rings (SSSR count). The summed E-state index contributed by atoms with van der Waals surface area (Å²) in [5.74, 6) is -1.72. The minimum Gasteiger partial charge on any atom is -0.480 e. The fraction of sp³-hybridized carbons (Fsp3) is 0.364. The van der Waals surface area contributed by atoms with Gasteiger partial charge >= 0.3 is 6.18 Å². The Bertz CT molecular complexity index is 1250. The number of carbonyl (C=O) groups is 1. The van der Waals surface area contributed by atoms with Gasteiger partial charge in [0.2, 0.25) is 10.0 Å². The number of piperazine rings is 1. The number of ether oxygens (including phenoxy) is 1. The van der Waals surface area contributed by atoms with Crippen LogP contribution in [0.5, 0.6) is 5.75 Å². The van der Waals surface area contributed by atoms with Crippen molar-refractivity contribution in [3.05, 3.63) is 53.3 Å². The predicted molar refractivity (Wildman–Crippen MR) is 118 cm³/mol. The van der Waals surface area contributed by atoms with Gasteiger partial charge in [0, 0.05) is 26.2 Å². The zero-order valence-corrected chi connectivity index (χ0v) is 19.6. The Hall–Kier alpha value is -3.37. The van der Waals surface area contributed by atoms with Gasteiger partial charge < -0.3 is 14.5 Å². The van der Waals surface area contributed by atoms with Crippen molar-refractivity contribution in [2.75, 3.05) is 38.1 Å². The summed E-state index contributed by atoms with van der Waals surface area (Å²) in [6.07, 6.45) is -6.94. The number of nitrogens with zero attached hydrogens (tertiary/aromatic N) is 3. The van der Waals surface area contributed by atoms with Gasteiger partial charge in [0.15, 0.2) is 6.10 Å². The molecule has 1 amide bonds. The summed E-state index contributed by atoms with van der Waals surface area (Å²) < 4.78 is 85.0. The molecule has 13 heteroatoms. The van der Waals surface area contributed by atoms with Crippen molar-refractivity contribution in [2.24, 2.45) is 0 Å². The number of anilines is 1. The number of nitrogens with one attached hydrogen (secondary N) is 1. The van der Waals surface area contributed by atoms with Crippen molar-refractivity contribution in [1.29, 1.82) is 5.26 Å². The van der Waals surface area contributed by atoms with Gasteiger partial charge in [0.25, 0.3) is 5.91 Å². The van der Waals surface area contributed by atoms with Crippen LogP contribution in [0.25, 0.3) is 0 Å². The molecule has 1 atom stereocenters. The van der Waals surface area contributed by atoms with Gasteiger partial charge in [-0.05, 0) is 50.4 Å². The van der Waals surface area contributed by atoms with Gasteiger partial charge in [-0.3, -0.25) is 4.79 Å². The second kappa shape index (κ2) is 10.1. The first-order chi connectivity index (χ1) is 16.4. The average molecular weight is 515 g/mol. The highest BCUT2D eigenvalue weighted by Gasteiger charge is 2.39. The molecule has 0 radical (unpaired) electrons. The smallest absolute Gasteiger partial charge is 0.425 e. The summed E-state index contributed by atoms with van der Waals surface area (Å²) >= 11 is 0. The van der Waals surface area contributed by atoms with Gasteiger partial charge in [-0.2, -0.15) is 18.4 Å². The molecular formula is C22H22F4N4O4S. The Kier molecular flexibility index (Phi) is 7.56. The van der Waals surface area contributed by atoms with Crippen molar-refractivity contribution in [3.63, 3.8) is 0 Å². The molecule has 0 saturated carbocycles. The van der Waals surface area contributed by atoms with E-state index in [1.807, 2.05) is 6.07 Å². The number of hydrogen-bond donors (Lipinski definition) is 1. The first kappa shape index (κ1) is 26.2. The third kappa shape index (κ3) is 5.83. The number of halogens is 4. The molecule has 0 spiro atoms. The standard InChI is InChI=1S/C22H22F4N4O4S/c1-14(22(24,25)26)34-20-6-4-16(35(32,33)28-2)12-17(20)21(31)30-9-7-29(8-10-30)19-5-3-15(13-27)11-18(19)23/h3-6,11-12,14,28H,7-10H2,1-2H3. The summed E-state index contributed by atoms with van der Waals surface area (Å²) in [6, 6.07) is 8.91. The van der Waals surface area contributed by atoms with E-state index in [4.69, 9.17) is 10.00 Å². The predicted octanol–water partition coefficient (Wildman–Crippen LogP) is 2.90. The summed E-state index contributed by atoms with van der Waals surface area (Å²) in [4.78, 5) is 15.9. The van der Waals surface area contributed by atoms with Crippen molar-refractivity contribution < 1.29 is 35.5 Å². The Balaban J connectivity index is 1.86. The van der Waals surface area contributed by atoms with E-state index in [1.54, 1.807) is 4.90 Å². The number of alkyl halides is 3. The SMILES string of the molecule is CNS(=O)(=O)c1ccc(OC(C)C(F)(F)F)c(C(=O)N2CCN(c3ccc(C#N)cc3F)CC2)c1. The fourth-order valence-corrected chi connectivity index (χ4v) is 4.23. The van der Waals surface area contributed by atoms with Crippen LogP contribution < -0.4 is 14.4 Å². The molecule has 0 bridgehead atoms. The normalized spacial score (nSPS) is 15.5. The second-order valence-electron chi connectivity index (χ2n) is 7.72. The summed E-state index contributed by atoms with van der Waals surface area (Å²) in [7, 11) is -2.82. The fourth-order valence-electron chi connectivity index (χ4n) is 3.47. The molecule has 1 N–H and O–H groups in total. The van der Waals surface area contributed by atoms with Gasteiger partial charge in [0.05, 0.1) is 27.8 Å². The number of hydrogen-bond acceptors (Lipinski definition) is 6. The summed E-state index contributed by atoms with van der Waals surface area (Å²) in [5, 5.41) is 8.89. The van der Waals surface area contributed by atoms with Crippen LogP contribution in [0, 0.1) is 17.1 Å². The number of carbonyl (C=O) groups excluding carboxylic acids is 1. The Morgan fingerprint density at radius 3 is 2.34 bits per heavy atom. The highest BCUT2D eigenvalue weighted by atomic mass is 32.2. The average Bonchev–Trinajstić information content (AvgIpc) is 2.83. The molecule has 2 aromatic carbocycles. The second-order valence-corrected chi connectivity index (χ2v) is 9.61. The first-order valence-corrected chi connectivity index (χ1v) is 11.9. The van der Waals surface area contributed by atoms with Crippen LogP contribution in [0.2, 0.25) is 0 Å². The molecule has 35 heavy (non-hydrogen) atoms. The molecule has 2 aromatic rings. The third-order valence-corrected chi connectivity index (χ3v) is 6.92. The Morgan fingerprint density at radius 1 is 1.14 bits per heavy atom. The van der Waals surface area contributed by atoms with Gasteiger partial charge in [-0.25, -0.2) is 17.5 Å². The van der Waals surface area contributed by atoms with Crippen LogP contribution in [0.15, 0.2) is 41.3 Å². The number of rotatable bonds is 6.